The third kappa shape index (κ3) is 10.7. The molecule has 0 fully saturated rings. The first kappa shape index (κ1) is 10.3. The van der Waals surface area contributed by atoms with Crippen molar-refractivity contribution in [1.82, 2.24) is 0 Å². The number of aliphatic hydroxyl groups excluding tert-OH is 1. The van der Waals surface area contributed by atoms with E-state index < -0.39 is 0 Å². The Morgan fingerprint density at radius 2 is 2.00 bits per heavy atom. The highest BCUT2D eigenvalue weighted by atomic mass is 32.1. The summed E-state index contributed by atoms with van der Waals surface area (Å²) in [6, 6.07) is 0. The molecular formula is C5H14OS. The van der Waals surface area contributed by atoms with Gasteiger partial charge in [0, 0.05) is 0 Å². The molecule has 0 heterocycles. The molecule has 46 valence electrons. The van der Waals surface area contributed by atoms with E-state index in [1.165, 1.54) is 0 Å². The van der Waals surface area contributed by atoms with Gasteiger partial charge in [0.25, 0.3) is 0 Å². The standard InChI is InChI=1S/C5H12O.H2S/c1-3-4-5(2)6;/h5-6H,3-4H2,1-2H3;1H2. The highest BCUT2D eigenvalue weighted by molar-refractivity contribution is 7.59. The van der Waals surface area contributed by atoms with Gasteiger partial charge in [-0.05, 0) is 13.3 Å². The summed E-state index contributed by atoms with van der Waals surface area (Å²) in [5, 5.41) is 8.55. The summed E-state index contributed by atoms with van der Waals surface area (Å²) in [4.78, 5) is 0. The van der Waals surface area contributed by atoms with Crippen molar-refractivity contribution in [1.29, 1.82) is 0 Å². The molecule has 0 aliphatic rings. The molecule has 0 saturated carbocycles. The lowest BCUT2D eigenvalue weighted by molar-refractivity contribution is 0.183. The zero-order valence-corrected chi connectivity index (χ0v) is 5.94. The average Bonchev–Trinajstić information content (AvgIpc) is 1.35. The number of aliphatic hydroxyl groups is 1. The van der Waals surface area contributed by atoms with Gasteiger partial charge >= 0.3 is 0 Å². The third-order valence-electron chi connectivity index (χ3n) is 0.706. The number of hydrogen-bond acceptors (Lipinski definition) is 1. The molecule has 1 unspecified atom stereocenters. The van der Waals surface area contributed by atoms with Crippen LogP contribution in [0.1, 0.15) is 26.7 Å². The predicted octanol–water partition coefficient (Wildman–Crippen LogP) is 1.28. The van der Waals surface area contributed by atoms with Crippen molar-refractivity contribution in [3.8, 4) is 0 Å². The van der Waals surface area contributed by atoms with Crippen LogP contribution < -0.4 is 0 Å². The quantitative estimate of drug-likeness (QED) is 0.585. The van der Waals surface area contributed by atoms with Gasteiger partial charge in [-0.2, -0.15) is 13.5 Å². The van der Waals surface area contributed by atoms with Crippen LogP contribution in [-0.4, -0.2) is 11.2 Å². The first-order valence-corrected chi connectivity index (χ1v) is 2.45. The fourth-order valence-corrected chi connectivity index (χ4v) is 0.418. The van der Waals surface area contributed by atoms with Gasteiger partial charge in [-0.3, -0.25) is 0 Å². The van der Waals surface area contributed by atoms with E-state index in [0.29, 0.717) is 0 Å². The molecule has 0 spiro atoms. The topological polar surface area (TPSA) is 20.2 Å². The van der Waals surface area contributed by atoms with E-state index in [9.17, 15) is 0 Å². The summed E-state index contributed by atoms with van der Waals surface area (Å²) < 4.78 is 0. The first-order valence-electron chi connectivity index (χ1n) is 2.45. The Morgan fingerprint density at radius 1 is 1.57 bits per heavy atom. The molecule has 0 aromatic rings. The normalized spacial score (nSPS) is 12.4. The summed E-state index contributed by atoms with van der Waals surface area (Å²) in [5.74, 6) is 0. The minimum atomic E-state index is -0.102. The summed E-state index contributed by atoms with van der Waals surface area (Å²) in [6.45, 7) is 3.87. The van der Waals surface area contributed by atoms with Crippen LogP contribution in [0.3, 0.4) is 0 Å². The molecule has 1 atom stereocenters. The summed E-state index contributed by atoms with van der Waals surface area (Å²) >= 11 is 0. The van der Waals surface area contributed by atoms with Gasteiger partial charge in [-0.15, -0.1) is 0 Å². The molecule has 0 amide bonds. The van der Waals surface area contributed by atoms with E-state index in [2.05, 4.69) is 6.92 Å². The molecule has 0 aromatic carbocycles. The van der Waals surface area contributed by atoms with E-state index in [0.717, 1.165) is 12.8 Å². The second-order valence-corrected chi connectivity index (χ2v) is 1.64. The molecule has 0 bridgehead atoms. The maximum absolute atomic E-state index is 8.55. The fraction of sp³-hybridized carbons (Fsp3) is 1.00. The third-order valence-corrected chi connectivity index (χ3v) is 0.706. The number of hydrogen-bond donors (Lipinski definition) is 1. The van der Waals surface area contributed by atoms with Crippen LogP contribution in [0.4, 0.5) is 0 Å². The molecule has 2 heteroatoms. The number of rotatable bonds is 2. The van der Waals surface area contributed by atoms with Crippen molar-refractivity contribution in [3.63, 3.8) is 0 Å². The molecule has 0 aromatic heterocycles. The van der Waals surface area contributed by atoms with Crippen molar-refractivity contribution in [2.24, 2.45) is 0 Å². The van der Waals surface area contributed by atoms with Crippen molar-refractivity contribution >= 4 is 13.5 Å². The highest BCUT2D eigenvalue weighted by Gasteiger charge is 1.87. The van der Waals surface area contributed by atoms with Crippen molar-refractivity contribution in [2.75, 3.05) is 0 Å². The predicted molar refractivity (Wildman–Crippen MR) is 37.0 cm³/mol. The second kappa shape index (κ2) is 6.31. The molecule has 0 rings (SSSR count). The Morgan fingerprint density at radius 3 is 2.00 bits per heavy atom. The SMILES string of the molecule is CCCC(C)O.S. The Hall–Kier alpha value is 0.310. The summed E-state index contributed by atoms with van der Waals surface area (Å²) in [7, 11) is 0. The summed E-state index contributed by atoms with van der Waals surface area (Å²) in [5.41, 5.74) is 0. The van der Waals surface area contributed by atoms with Gasteiger partial charge in [-0.25, -0.2) is 0 Å². The Bertz CT molecular complexity index is 29.3. The van der Waals surface area contributed by atoms with Crippen molar-refractivity contribution in [2.45, 2.75) is 32.8 Å². The largest absolute Gasteiger partial charge is 0.393 e. The van der Waals surface area contributed by atoms with Gasteiger partial charge in [0.15, 0.2) is 0 Å². The van der Waals surface area contributed by atoms with Crippen LogP contribution >= 0.6 is 13.5 Å². The smallest absolute Gasteiger partial charge is 0.0512 e. The van der Waals surface area contributed by atoms with Crippen molar-refractivity contribution < 1.29 is 5.11 Å². The van der Waals surface area contributed by atoms with E-state index >= 15 is 0 Å². The average molecular weight is 122 g/mol. The second-order valence-electron chi connectivity index (χ2n) is 1.64. The zero-order valence-electron chi connectivity index (χ0n) is 4.94. The van der Waals surface area contributed by atoms with Crippen LogP contribution in [0.5, 0.6) is 0 Å². The maximum atomic E-state index is 8.55. The van der Waals surface area contributed by atoms with Gasteiger partial charge in [0.2, 0.25) is 0 Å². The zero-order chi connectivity index (χ0) is 4.99. The van der Waals surface area contributed by atoms with E-state index in [1.54, 1.807) is 0 Å². The fourth-order valence-electron chi connectivity index (χ4n) is 0.418. The molecule has 0 radical (unpaired) electrons. The lowest BCUT2D eigenvalue weighted by Gasteiger charge is -1.95. The van der Waals surface area contributed by atoms with Crippen LogP contribution in [0.25, 0.3) is 0 Å². The Balaban J connectivity index is 0. The van der Waals surface area contributed by atoms with Crippen LogP contribution in [-0.2, 0) is 0 Å². The summed E-state index contributed by atoms with van der Waals surface area (Å²) in [6.07, 6.45) is 1.91. The van der Waals surface area contributed by atoms with Gasteiger partial charge in [0.05, 0.1) is 6.10 Å². The molecule has 0 aliphatic carbocycles. The van der Waals surface area contributed by atoms with Gasteiger partial charge < -0.3 is 5.11 Å². The van der Waals surface area contributed by atoms with E-state index in [1.807, 2.05) is 6.92 Å². The Kier molecular flexibility index (Phi) is 9.31. The van der Waals surface area contributed by atoms with Crippen LogP contribution in [0.15, 0.2) is 0 Å². The van der Waals surface area contributed by atoms with Crippen molar-refractivity contribution in [3.05, 3.63) is 0 Å². The monoisotopic (exact) mass is 122 g/mol. The van der Waals surface area contributed by atoms with Gasteiger partial charge in [0.1, 0.15) is 0 Å². The molecule has 1 nitrogen and oxygen atoms in total. The highest BCUT2D eigenvalue weighted by Crippen LogP contribution is 1.91. The van der Waals surface area contributed by atoms with Gasteiger partial charge in [-0.1, -0.05) is 13.3 Å². The minimum Gasteiger partial charge on any atom is -0.393 e. The van der Waals surface area contributed by atoms with E-state index in [-0.39, 0.29) is 19.6 Å². The minimum absolute atomic E-state index is 0. The molecule has 7 heavy (non-hydrogen) atoms. The maximum Gasteiger partial charge on any atom is 0.0512 e. The molecule has 0 saturated heterocycles. The first-order chi connectivity index (χ1) is 2.77. The Labute approximate surface area is 52.2 Å². The van der Waals surface area contributed by atoms with Crippen LogP contribution in [0.2, 0.25) is 0 Å². The lowest BCUT2D eigenvalue weighted by atomic mass is 10.2. The lowest BCUT2D eigenvalue weighted by Crippen LogP contribution is -1.95. The molecular weight excluding hydrogens is 108 g/mol. The van der Waals surface area contributed by atoms with E-state index in [4.69, 9.17) is 5.11 Å². The molecule has 0 aliphatic heterocycles. The van der Waals surface area contributed by atoms with Crippen LogP contribution in [0, 0.1) is 0 Å². The molecule has 1 N–H and O–H groups in total.